The molecule has 1 aromatic carbocycles. The number of nitrogens with two attached hydrogens (primary N) is 1. The Kier molecular flexibility index (Phi) is 7.40. The highest BCUT2D eigenvalue weighted by Crippen LogP contribution is 2.23. The first-order chi connectivity index (χ1) is 14.1. The van der Waals surface area contributed by atoms with Crippen molar-refractivity contribution in [3.8, 4) is 11.6 Å². The highest BCUT2D eigenvalue weighted by atomic mass is 32.2. The van der Waals surface area contributed by atoms with Crippen LogP contribution in [0.25, 0.3) is 0 Å². The lowest BCUT2D eigenvalue weighted by Crippen LogP contribution is -2.24. The molecule has 31 heavy (non-hydrogen) atoms. The minimum atomic E-state index is -3.73. The van der Waals surface area contributed by atoms with Crippen LogP contribution in [-0.4, -0.2) is 44.6 Å². The monoisotopic (exact) mass is 471 g/mol. The third kappa shape index (κ3) is 8.99. The van der Waals surface area contributed by atoms with Crippen LogP contribution in [0, 0.1) is 0 Å². The fourth-order valence-corrected chi connectivity index (χ4v) is 3.62. The van der Waals surface area contributed by atoms with E-state index in [9.17, 15) is 21.6 Å². The average molecular weight is 472 g/mol. The van der Waals surface area contributed by atoms with Crippen molar-refractivity contribution in [2.24, 2.45) is 5.14 Å². The minimum absolute atomic E-state index is 0.000809. The lowest BCUT2D eigenvalue weighted by molar-refractivity contribution is -0.154. The molecule has 10 nitrogen and oxygen atoms in total. The number of carbonyl (C=O) groups is 1. The molecule has 0 spiro atoms. The number of primary sulfonamides is 1. The van der Waals surface area contributed by atoms with Gasteiger partial charge in [0.1, 0.15) is 11.4 Å². The largest absolute Gasteiger partial charge is 0.460 e. The standard InChI is InChI=1S/C19H25N3O7S2/c1-19(2,3)29-17(23)10-7-14-11-16(22-18(21-14)30(4,24)25)28-15-8-5-13(6-9-15)12-31(20,26)27/h5-6,8-9,11H,7,10,12H2,1-4H3,(H2,20,26,27). The number of ether oxygens (including phenoxy) is 2. The molecular formula is C19H25N3O7S2. The molecule has 0 aliphatic rings. The second kappa shape index (κ2) is 9.28. The molecule has 2 N–H and O–H groups in total. The van der Waals surface area contributed by atoms with E-state index in [1.807, 2.05) is 0 Å². The predicted octanol–water partition coefficient (Wildman–Crippen LogP) is 1.74. The first kappa shape index (κ1) is 24.7. The van der Waals surface area contributed by atoms with Crippen LogP contribution in [0.5, 0.6) is 11.6 Å². The molecule has 0 radical (unpaired) electrons. The first-order valence-corrected chi connectivity index (χ1v) is 12.8. The van der Waals surface area contributed by atoms with Gasteiger partial charge in [0.05, 0.1) is 12.2 Å². The number of aromatic nitrogens is 2. The fraction of sp³-hybridized carbons (Fsp3) is 0.421. The van der Waals surface area contributed by atoms with E-state index in [0.29, 0.717) is 17.0 Å². The van der Waals surface area contributed by atoms with Crippen LogP contribution >= 0.6 is 0 Å². The molecule has 2 aromatic rings. The third-order valence-electron chi connectivity index (χ3n) is 3.59. The maximum atomic E-state index is 12.0. The number of carbonyl (C=O) groups excluding carboxylic acids is 1. The van der Waals surface area contributed by atoms with Gasteiger partial charge in [-0.1, -0.05) is 12.1 Å². The topological polar surface area (TPSA) is 156 Å². The molecule has 170 valence electrons. The number of nitrogens with zero attached hydrogens (tertiary/aromatic N) is 2. The third-order valence-corrected chi connectivity index (χ3v) is 5.17. The number of rotatable bonds is 8. The number of hydrogen-bond donors (Lipinski definition) is 1. The van der Waals surface area contributed by atoms with Crippen molar-refractivity contribution in [1.29, 1.82) is 0 Å². The van der Waals surface area contributed by atoms with Crippen LogP contribution in [-0.2, 0) is 41.6 Å². The summed E-state index contributed by atoms with van der Waals surface area (Å²) in [6.45, 7) is 5.24. The van der Waals surface area contributed by atoms with E-state index in [4.69, 9.17) is 14.6 Å². The Morgan fingerprint density at radius 2 is 1.68 bits per heavy atom. The van der Waals surface area contributed by atoms with E-state index < -0.39 is 36.6 Å². The molecule has 2 rings (SSSR count). The Morgan fingerprint density at radius 1 is 1.06 bits per heavy atom. The summed E-state index contributed by atoms with van der Waals surface area (Å²) in [5, 5.41) is 4.59. The fourth-order valence-electron chi connectivity index (χ4n) is 2.42. The van der Waals surface area contributed by atoms with E-state index in [0.717, 1.165) is 6.26 Å². The van der Waals surface area contributed by atoms with Gasteiger partial charge in [-0.05, 0) is 38.5 Å². The smallest absolute Gasteiger partial charge is 0.306 e. The number of sulfonamides is 1. The van der Waals surface area contributed by atoms with Gasteiger partial charge < -0.3 is 9.47 Å². The van der Waals surface area contributed by atoms with Crippen molar-refractivity contribution in [3.05, 3.63) is 41.6 Å². The molecule has 0 saturated carbocycles. The number of benzene rings is 1. The predicted molar refractivity (Wildman–Crippen MR) is 113 cm³/mol. The molecule has 0 bridgehead atoms. The van der Waals surface area contributed by atoms with Crippen molar-refractivity contribution in [2.45, 2.75) is 50.1 Å². The molecule has 0 saturated heterocycles. The van der Waals surface area contributed by atoms with E-state index in [-0.39, 0.29) is 24.5 Å². The molecule has 0 aliphatic carbocycles. The van der Waals surface area contributed by atoms with Gasteiger partial charge in [-0.3, -0.25) is 4.79 Å². The number of aryl methyl sites for hydroxylation is 1. The SMILES string of the molecule is CC(C)(C)OC(=O)CCc1cc(Oc2ccc(CS(N)(=O)=O)cc2)nc(S(C)(=O)=O)n1. The summed E-state index contributed by atoms with van der Waals surface area (Å²) in [6, 6.07) is 7.47. The lowest BCUT2D eigenvalue weighted by atomic mass is 10.2. The zero-order valence-corrected chi connectivity index (χ0v) is 19.3. The van der Waals surface area contributed by atoms with Gasteiger partial charge in [-0.15, -0.1) is 0 Å². The number of esters is 1. The molecule has 1 aromatic heterocycles. The zero-order valence-electron chi connectivity index (χ0n) is 17.7. The van der Waals surface area contributed by atoms with Crippen LogP contribution in [0.15, 0.2) is 35.5 Å². The van der Waals surface area contributed by atoms with Gasteiger partial charge >= 0.3 is 5.97 Å². The summed E-state index contributed by atoms with van der Waals surface area (Å²) >= 11 is 0. The molecule has 12 heteroatoms. The highest BCUT2D eigenvalue weighted by molar-refractivity contribution is 7.90. The van der Waals surface area contributed by atoms with Crippen LogP contribution < -0.4 is 9.88 Å². The van der Waals surface area contributed by atoms with Crippen LogP contribution in [0.1, 0.15) is 38.4 Å². The maximum absolute atomic E-state index is 12.0. The molecule has 0 unspecified atom stereocenters. The average Bonchev–Trinajstić information content (AvgIpc) is 2.58. The van der Waals surface area contributed by atoms with E-state index in [1.165, 1.54) is 30.3 Å². The quantitative estimate of drug-likeness (QED) is 0.447. The van der Waals surface area contributed by atoms with E-state index in [1.54, 1.807) is 20.8 Å². The van der Waals surface area contributed by atoms with Crippen LogP contribution in [0.2, 0.25) is 0 Å². The Bertz CT molecular complexity index is 1150. The highest BCUT2D eigenvalue weighted by Gasteiger charge is 2.19. The van der Waals surface area contributed by atoms with E-state index >= 15 is 0 Å². The Hall–Kier alpha value is -2.57. The summed E-state index contributed by atoms with van der Waals surface area (Å²) in [7, 11) is -7.40. The second-order valence-electron chi connectivity index (χ2n) is 7.89. The molecule has 0 amide bonds. The summed E-state index contributed by atoms with van der Waals surface area (Å²) in [5.41, 5.74) is 0.124. The normalized spacial score (nSPS) is 12.4. The second-order valence-corrected chi connectivity index (χ2v) is 11.4. The van der Waals surface area contributed by atoms with Gasteiger partial charge in [0.15, 0.2) is 0 Å². The Morgan fingerprint density at radius 3 is 2.19 bits per heavy atom. The molecule has 0 aliphatic heterocycles. The van der Waals surface area contributed by atoms with Gasteiger partial charge in [0.2, 0.25) is 30.9 Å². The Balaban J connectivity index is 2.22. The van der Waals surface area contributed by atoms with Crippen molar-refractivity contribution < 1.29 is 31.1 Å². The van der Waals surface area contributed by atoms with Crippen molar-refractivity contribution in [1.82, 2.24) is 9.97 Å². The first-order valence-electron chi connectivity index (χ1n) is 9.18. The molecular weight excluding hydrogens is 446 g/mol. The molecule has 1 heterocycles. The summed E-state index contributed by atoms with van der Waals surface area (Å²) in [4.78, 5) is 19.9. The van der Waals surface area contributed by atoms with Crippen molar-refractivity contribution in [3.63, 3.8) is 0 Å². The van der Waals surface area contributed by atoms with Crippen LogP contribution in [0.3, 0.4) is 0 Å². The van der Waals surface area contributed by atoms with Crippen molar-refractivity contribution in [2.75, 3.05) is 6.26 Å². The number of hydrogen-bond acceptors (Lipinski definition) is 9. The number of sulfone groups is 1. The molecule has 0 fully saturated rings. The lowest BCUT2D eigenvalue weighted by Gasteiger charge is -2.19. The van der Waals surface area contributed by atoms with Gasteiger partial charge in [-0.25, -0.2) is 27.0 Å². The minimum Gasteiger partial charge on any atom is -0.460 e. The molecule has 0 atom stereocenters. The van der Waals surface area contributed by atoms with E-state index in [2.05, 4.69) is 9.97 Å². The summed E-state index contributed by atoms with van der Waals surface area (Å²) in [6.07, 6.45) is 1.09. The maximum Gasteiger partial charge on any atom is 0.306 e. The zero-order chi connectivity index (χ0) is 23.4. The van der Waals surface area contributed by atoms with Crippen molar-refractivity contribution >= 4 is 25.8 Å². The van der Waals surface area contributed by atoms with Crippen LogP contribution in [0.4, 0.5) is 0 Å². The summed E-state index contributed by atoms with van der Waals surface area (Å²) in [5.74, 6) is -0.503. The summed E-state index contributed by atoms with van der Waals surface area (Å²) < 4.78 is 57.1. The van der Waals surface area contributed by atoms with Gasteiger partial charge in [-0.2, -0.15) is 4.98 Å². The Labute approximate surface area is 181 Å². The van der Waals surface area contributed by atoms with Gasteiger partial charge in [0.25, 0.3) is 0 Å². The van der Waals surface area contributed by atoms with Gasteiger partial charge in [0, 0.05) is 24.4 Å².